The molecule has 0 unspecified atom stereocenters. The molecule has 7 heteroatoms. The van der Waals surface area contributed by atoms with Crippen LogP contribution in [-0.2, 0) is 9.53 Å². The van der Waals surface area contributed by atoms with Crippen LogP contribution in [0.25, 0.3) is 10.9 Å². The van der Waals surface area contributed by atoms with Gasteiger partial charge >= 0.3 is 5.97 Å². The van der Waals surface area contributed by atoms with E-state index in [4.69, 9.17) is 4.74 Å². The molecule has 136 valence electrons. The highest BCUT2D eigenvalue weighted by molar-refractivity contribution is 6.16. The van der Waals surface area contributed by atoms with Crippen LogP contribution in [0.3, 0.4) is 0 Å². The van der Waals surface area contributed by atoms with Crippen LogP contribution in [0.1, 0.15) is 34.5 Å². The van der Waals surface area contributed by atoms with Crippen molar-refractivity contribution in [1.82, 2.24) is 4.98 Å². The fourth-order valence-corrected chi connectivity index (χ4v) is 3.79. The van der Waals surface area contributed by atoms with Gasteiger partial charge in [0, 0.05) is 29.0 Å². The molecule has 1 aliphatic carbocycles. The van der Waals surface area contributed by atoms with Gasteiger partial charge < -0.3 is 9.72 Å². The first-order chi connectivity index (χ1) is 13.0. The number of fused-ring (bicyclic) bond motifs is 3. The molecule has 7 nitrogen and oxygen atoms in total. The number of nitro groups is 1. The summed E-state index contributed by atoms with van der Waals surface area (Å²) < 4.78 is 5.14. The molecule has 0 radical (unpaired) electrons. The van der Waals surface area contributed by atoms with Gasteiger partial charge in [-0.2, -0.15) is 0 Å². The molecule has 4 rings (SSSR count). The molecule has 0 amide bonds. The molecule has 1 aliphatic rings. The molecule has 1 aromatic heterocycles. The Morgan fingerprint density at radius 3 is 2.56 bits per heavy atom. The molecule has 3 aromatic rings. The predicted molar refractivity (Wildman–Crippen MR) is 97.7 cm³/mol. The fraction of sp³-hybridized carbons (Fsp3) is 0.200. The van der Waals surface area contributed by atoms with Crippen LogP contribution in [0.2, 0.25) is 0 Å². The lowest BCUT2D eigenvalue weighted by molar-refractivity contribution is -0.384. The minimum atomic E-state index is -1.00. The van der Waals surface area contributed by atoms with Crippen molar-refractivity contribution in [3.8, 4) is 0 Å². The monoisotopic (exact) mass is 364 g/mol. The van der Waals surface area contributed by atoms with E-state index in [2.05, 4.69) is 4.98 Å². The molecule has 0 aliphatic heterocycles. The largest absolute Gasteiger partial charge is 0.465 e. The van der Waals surface area contributed by atoms with Gasteiger partial charge in [0.05, 0.1) is 17.2 Å². The van der Waals surface area contributed by atoms with E-state index < -0.39 is 22.7 Å². The number of para-hydroxylation sites is 1. The van der Waals surface area contributed by atoms with Crippen molar-refractivity contribution in [2.24, 2.45) is 5.92 Å². The number of aromatic amines is 1. The molecule has 0 bridgehead atoms. The highest BCUT2D eigenvalue weighted by atomic mass is 16.6. The summed E-state index contributed by atoms with van der Waals surface area (Å²) in [6, 6.07) is 13.5. The number of hydrogen-bond donors (Lipinski definition) is 1. The highest BCUT2D eigenvalue weighted by Crippen LogP contribution is 2.46. The molecule has 0 spiro atoms. The van der Waals surface area contributed by atoms with Crippen molar-refractivity contribution in [1.29, 1.82) is 0 Å². The number of H-pyrrole nitrogens is 1. The van der Waals surface area contributed by atoms with Crippen molar-refractivity contribution in [3.05, 3.63) is 75.5 Å². The van der Waals surface area contributed by atoms with Crippen LogP contribution < -0.4 is 0 Å². The lowest BCUT2D eigenvalue weighted by atomic mass is 9.84. The van der Waals surface area contributed by atoms with Gasteiger partial charge in [0.2, 0.25) is 0 Å². The van der Waals surface area contributed by atoms with E-state index in [-0.39, 0.29) is 18.1 Å². The van der Waals surface area contributed by atoms with Crippen LogP contribution >= 0.6 is 0 Å². The van der Waals surface area contributed by atoms with Gasteiger partial charge in [-0.25, -0.2) is 0 Å². The zero-order chi connectivity index (χ0) is 19.1. The lowest BCUT2D eigenvalue weighted by Gasteiger charge is -2.19. The first-order valence-electron chi connectivity index (χ1n) is 8.58. The molecule has 0 saturated carbocycles. The fourth-order valence-electron chi connectivity index (χ4n) is 3.79. The van der Waals surface area contributed by atoms with Gasteiger partial charge in [-0.1, -0.05) is 30.3 Å². The average molecular weight is 364 g/mol. The van der Waals surface area contributed by atoms with Crippen molar-refractivity contribution in [2.75, 3.05) is 6.61 Å². The summed E-state index contributed by atoms with van der Waals surface area (Å²) in [5, 5.41) is 11.8. The number of non-ortho nitro benzene ring substituents is 1. The van der Waals surface area contributed by atoms with E-state index in [0.29, 0.717) is 11.3 Å². The van der Waals surface area contributed by atoms with E-state index in [1.54, 1.807) is 19.1 Å². The zero-order valence-electron chi connectivity index (χ0n) is 14.5. The maximum atomic E-state index is 13.0. The van der Waals surface area contributed by atoms with Crippen molar-refractivity contribution < 1.29 is 19.2 Å². The first kappa shape index (κ1) is 17.0. The second kappa shape index (κ2) is 6.35. The normalized spacial score (nSPS) is 18.5. The third-order valence-corrected chi connectivity index (χ3v) is 4.92. The number of rotatable bonds is 4. The highest BCUT2D eigenvalue weighted by Gasteiger charge is 2.48. The number of carbonyl (C=O) groups is 2. The molecular weight excluding hydrogens is 348 g/mol. The van der Waals surface area contributed by atoms with Gasteiger partial charge in [0.15, 0.2) is 5.78 Å². The van der Waals surface area contributed by atoms with Crippen LogP contribution in [0.4, 0.5) is 5.69 Å². The smallest absolute Gasteiger partial charge is 0.317 e. The number of hydrogen-bond acceptors (Lipinski definition) is 5. The molecule has 2 atom stereocenters. The Balaban J connectivity index is 1.90. The van der Waals surface area contributed by atoms with Crippen molar-refractivity contribution >= 4 is 28.3 Å². The summed E-state index contributed by atoms with van der Waals surface area (Å²) in [6.45, 7) is 1.86. The standard InChI is InChI=1S/C20H16N2O5/c1-2-27-20(24)17-15(11-7-9-12(10-8-11)22(25)26)16-13-5-3-4-6-14(13)21-18(16)19(17)23/h3-10,15,17,21H,2H2,1H3/t15-,17+/m1/s1. The Kier molecular flexibility index (Phi) is 3.99. The number of nitro benzene ring substituents is 1. The third-order valence-electron chi connectivity index (χ3n) is 4.92. The molecule has 0 fully saturated rings. The second-order valence-electron chi connectivity index (χ2n) is 6.38. The second-order valence-corrected chi connectivity index (χ2v) is 6.38. The Labute approximate surface area is 154 Å². The number of aromatic nitrogens is 1. The average Bonchev–Trinajstić information content (AvgIpc) is 3.17. The van der Waals surface area contributed by atoms with Crippen LogP contribution in [0.5, 0.6) is 0 Å². The Morgan fingerprint density at radius 2 is 1.89 bits per heavy atom. The van der Waals surface area contributed by atoms with E-state index >= 15 is 0 Å². The number of ether oxygens (including phenoxy) is 1. The summed E-state index contributed by atoms with van der Waals surface area (Å²) in [6.07, 6.45) is 0. The minimum Gasteiger partial charge on any atom is -0.465 e. The number of esters is 1. The number of Topliss-reactive ketones (excluding diaryl/α,β-unsaturated/α-hetero) is 1. The van der Waals surface area contributed by atoms with Gasteiger partial charge in [-0.3, -0.25) is 19.7 Å². The molecule has 2 aromatic carbocycles. The van der Waals surface area contributed by atoms with Crippen molar-refractivity contribution in [2.45, 2.75) is 12.8 Å². The Morgan fingerprint density at radius 1 is 1.19 bits per heavy atom. The van der Waals surface area contributed by atoms with Gasteiger partial charge in [0.1, 0.15) is 5.92 Å². The third kappa shape index (κ3) is 2.59. The summed E-state index contributed by atoms with van der Waals surface area (Å²) in [5.41, 5.74) is 2.57. The molecule has 27 heavy (non-hydrogen) atoms. The van der Waals surface area contributed by atoms with Gasteiger partial charge in [-0.05, 0) is 24.1 Å². The number of nitrogens with zero attached hydrogens (tertiary/aromatic N) is 1. The van der Waals surface area contributed by atoms with Crippen molar-refractivity contribution in [3.63, 3.8) is 0 Å². The topological polar surface area (TPSA) is 102 Å². The maximum Gasteiger partial charge on any atom is 0.317 e. The van der Waals surface area contributed by atoms with Crippen LogP contribution in [0, 0.1) is 16.0 Å². The Bertz CT molecular complexity index is 1070. The van der Waals surface area contributed by atoms with E-state index in [1.165, 1.54) is 12.1 Å². The zero-order valence-corrected chi connectivity index (χ0v) is 14.5. The van der Waals surface area contributed by atoms with Crippen LogP contribution in [-0.4, -0.2) is 28.3 Å². The van der Waals surface area contributed by atoms with E-state index in [0.717, 1.165) is 16.5 Å². The van der Waals surface area contributed by atoms with Gasteiger partial charge in [0.25, 0.3) is 5.69 Å². The number of nitrogens with one attached hydrogen (secondary N) is 1. The summed E-state index contributed by atoms with van der Waals surface area (Å²) in [7, 11) is 0. The molecule has 1 N–H and O–H groups in total. The van der Waals surface area contributed by atoms with E-state index in [9.17, 15) is 19.7 Å². The minimum absolute atomic E-state index is 0.0464. The molecular formula is C20H16N2O5. The van der Waals surface area contributed by atoms with Gasteiger partial charge in [-0.15, -0.1) is 0 Å². The summed E-state index contributed by atoms with van der Waals surface area (Å²) in [4.78, 5) is 39.1. The molecule has 1 heterocycles. The summed E-state index contributed by atoms with van der Waals surface area (Å²) >= 11 is 0. The first-order valence-corrected chi connectivity index (χ1v) is 8.58. The quantitative estimate of drug-likeness (QED) is 0.330. The van der Waals surface area contributed by atoms with Crippen LogP contribution in [0.15, 0.2) is 48.5 Å². The maximum absolute atomic E-state index is 13.0. The number of benzene rings is 2. The predicted octanol–water partition coefficient (Wildman–Crippen LogP) is 3.58. The molecule has 0 saturated heterocycles. The Hall–Kier alpha value is -3.48. The SMILES string of the molecule is CCOC(=O)[C@@H]1C(=O)c2[nH]c3ccccc3c2[C@H]1c1ccc([N+](=O)[O-])cc1. The lowest BCUT2D eigenvalue weighted by Crippen LogP contribution is -2.27. The number of carbonyl (C=O) groups excluding carboxylic acids is 2. The summed E-state index contributed by atoms with van der Waals surface area (Å²) in [5.74, 6) is -2.46. The van der Waals surface area contributed by atoms with E-state index in [1.807, 2.05) is 24.3 Å². The number of ketones is 1.